The molecule has 5 rings (SSSR count). The Morgan fingerprint density at radius 1 is 1.18 bits per heavy atom. The first-order valence-electron chi connectivity index (χ1n) is 12.7. The van der Waals surface area contributed by atoms with Gasteiger partial charge in [-0.2, -0.15) is 0 Å². The summed E-state index contributed by atoms with van der Waals surface area (Å²) in [6, 6.07) is 11.2. The van der Waals surface area contributed by atoms with Gasteiger partial charge >= 0.3 is 11.9 Å². The lowest BCUT2D eigenvalue weighted by atomic mass is 9.94. The van der Waals surface area contributed by atoms with E-state index in [1.807, 2.05) is 13.8 Å². The average molecular weight is 549 g/mol. The van der Waals surface area contributed by atoms with E-state index in [-0.39, 0.29) is 34.1 Å². The summed E-state index contributed by atoms with van der Waals surface area (Å²) < 4.78 is 16.6. The molecule has 0 spiro atoms. The number of aliphatic hydroxyl groups is 1. The number of carbonyl (C=O) groups is 3. The predicted molar refractivity (Wildman–Crippen MR) is 145 cm³/mol. The molecule has 3 aromatic rings. The van der Waals surface area contributed by atoms with Gasteiger partial charge in [-0.3, -0.25) is 14.5 Å². The number of rotatable bonds is 7. The molecule has 202 valence electrons. The van der Waals surface area contributed by atoms with Crippen LogP contribution in [0.1, 0.15) is 58.9 Å². The Morgan fingerprint density at radius 2 is 1.97 bits per heavy atom. The number of ether oxygens (including phenoxy) is 3. The van der Waals surface area contributed by atoms with Gasteiger partial charge in [0.25, 0.3) is 5.78 Å². The monoisotopic (exact) mass is 548 g/mol. The number of amides is 1. The fourth-order valence-electron chi connectivity index (χ4n) is 4.88. The van der Waals surface area contributed by atoms with Gasteiger partial charge in [0.2, 0.25) is 0 Å². The minimum absolute atomic E-state index is 0.00557. The molecule has 0 aliphatic carbocycles. The van der Waals surface area contributed by atoms with Crippen molar-refractivity contribution in [2.75, 3.05) is 18.1 Å². The molecule has 2 aliphatic rings. The molecule has 1 amide bonds. The normalized spacial score (nSPS) is 19.6. The van der Waals surface area contributed by atoms with Crippen LogP contribution in [0, 0.1) is 6.92 Å². The molecule has 2 aromatic carbocycles. The minimum Gasteiger partial charge on any atom is -0.507 e. The highest BCUT2D eigenvalue weighted by atomic mass is 32.1. The van der Waals surface area contributed by atoms with Crippen LogP contribution in [0.2, 0.25) is 0 Å². The third-order valence-corrected chi connectivity index (χ3v) is 7.69. The van der Waals surface area contributed by atoms with Gasteiger partial charge in [-0.25, -0.2) is 9.78 Å². The van der Waals surface area contributed by atoms with Crippen molar-refractivity contribution in [1.82, 2.24) is 4.98 Å². The first-order chi connectivity index (χ1) is 18.7. The number of ketones is 1. The largest absolute Gasteiger partial charge is 0.507 e. The van der Waals surface area contributed by atoms with Crippen molar-refractivity contribution in [1.29, 1.82) is 0 Å². The van der Waals surface area contributed by atoms with Gasteiger partial charge in [0.05, 0.1) is 30.5 Å². The number of fused-ring (bicyclic) bond motifs is 1. The van der Waals surface area contributed by atoms with Crippen molar-refractivity contribution in [2.24, 2.45) is 0 Å². The topological polar surface area (TPSA) is 115 Å². The molecule has 0 radical (unpaired) electrons. The van der Waals surface area contributed by atoms with Crippen LogP contribution in [0.25, 0.3) is 5.76 Å². The smallest absolute Gasteiger partial charge is 0.350 e. The number of hydrogen-bond acceptors (Lipinski definition) is 9. The van der Waals surface area contributed by atoms with Crippen molar-refractivity contribution in [2.45, 2.75) is 46.3 Å². The number of anilines is 1. The van der Waals surface area contributed by atoms with E-state index in [9.17, 15) is 19.5 Å². The van der Waals surface area contributed by atoms with E-state index in [4.69, 9.17) is 14.2 Å². The number of aliphatic hydroxyl groups excluding tert-OH is 1. The van der Waals surface area contributed by atoms with Crippen LogP contribution in [0.4, 0.5) is 5.13 Å². The first-order valence-corrected chi connectivity index (χ1v) is 13.5. The molecular weight excluding hydrogens is 520 g/mol. The zero-order valence-corrected chi connectivity index (χ0v) is 22.8. The zero-order chi connectivity index (χ0) is 27.8. The molecule has 0 bridgehead atoms. The van der Waals surface area contributed by atoms with Gasteiger partial charge in [0.15, 0.2) is 5.13 Å². The molecule has 0 unspecified atom stereocenters. The summed E-state index contributed by atoms with van der Waals surface area (Å²) >= 11 is 0.965. The highest BCUT2D eigenvalue weighted by molar-refractivity contribution is 7.17. The molecule has 9 nitrogen and oxygen atoms in total. The van der Waals surface area contributed by atoms with Gasteiger partial charge in [0, 0.05) is 12.0 Å². The van der Waals surface area contributed by atoms with Crippen LogP contribution in [0.15, 0.2) is 48.0 Å². The zero-order valence-electron chi connectivity index (χ0n) is 22.0. The van der Waals surface area contributed by atoms with E-state index in [0.717, 1.165) is 22.6 Å². The maximum absolute atomic E-state index is 13.5. The number of carbonyl (C=O) groups excluding carboxylic acids is 3. The molecule has 10 heteroatoms. The predicted octanol–water partition coefficient (Wildman–Crippen LogP) is 4.98. The minimum atomic E-state index is -1.01. The van der Waals surface area contributed by atoms with E-state index in [0.29, 0.717) is 35.6 Å². The summed E-state index contributed by atoms with van der Waals surface area (Å²) in [5, 5.41) is 11.7. The molecule has 1 fully saturated rings. The van der Waals surface area contributed by atoms with Crippen molar-refractivity contribution >= 4 is 39.9 Å². The number of aryl methyl sites for hydroxylation is 1. The highest BCUT2D eigenvalue weighted by Gasteiger charge is 2.48. The third kappa shape index (κ3) is 4.76. The molecule has 2 aliphatic heterocycles. The van der Waals surface area contributed by atoms with Gasteiger partial charge in [-0.05, 0) is 69.2 Å². The summed E-state index contributed by atoms with van der Waals surface area (Å²) in [5.74, 6) is -1.29. The van der Waals surface area contributed by atoms with Gasteiger partial charge in [0.1, 0.15) is 28.2 Å². The van der Waals surface area contributed by atoms with Gasteiger partial charge in [-0.15, -0.1) is 0 Å². The van der Waals surface area contributed by atoms with Crippen LogP contribution in [-0.2, 0) is 20.7 Å². The molecule has 2 atom stereocenters. The summed E-state index contributed by atoms with van der Waals surface area (Å²) in [6.45, 7) is 7.76. The molecular formula is C29H28N2O7S. The standard InChI is InChI=1S/C29H28N2O7S/c1-5-36-20-9-7-8-17(14-20)23-22(24(32)18-10-11-21-19(13-18)12-15(3)38-21)25(33)27(34)31(23)29-30-16(4)26(39-29)28(35)37-6-2/h7-11,13-15,23,32H,5-6,12H2,1-4H3/b24-22+/t15-,23+/m0/s1. The van der Waals surface area contributed by atoms with Gasteiger partial charge in [-0.1, -0.05) is 23.5 Å². The number of thiazole rings is 1. The molecule has 3 heterocycles. The average Bonchev–Trinajstić information content (AvgIpc) is 3.56. The fourth-order valence-corrected chi connectivity index (χ4v) is 5.87. The van der Waals surface area contributed by atoms with Crippen LogP contribution in [0.3, 0.4) is 0 Å². The highest BCUT2D eigenvalue weighted by Crippen LogP contribution is 2.45. The lowest BCUT2D eigenvalue weighted by Gasteiger charge is -2.23. The van der Waals surface area contributed by atoms with Crippen molar-refractivity contribution in [3.05, 3.63) is 75.3 Å². The van der Waals surface area contributed by atoms with E-state index in [1.165, 1.54) is 4.90 Å². The lowest BCUT2D eigenvalue weighted by molar-refractivity contribution is -0.132. The molecule has 39 heavy (non-hydrogen) atoms. The number of esters is 1. The van der Waals surface area contributed by atoms with Gasteiger partial charge < -0.3 is 19.3 Å². The number of Topliss-reactive ketones (excluding diaryl/α,β-unsaturated/α-hetero) is 1. The van der Waals surface area contributed by atoms with Crippen LogP contribution in [0.5, 0.6) is 11.5 Å². The summed E-state index contributed by atoms with van der Waals surface area (Å²) in [5.41, 5.74) is 2.16. The Labute approximate surface area is 229 Å². The van der Waals surface area contributed by atoms with Crippen LogP contribution in [-0.4, -0.2) is 47.1 Å². The Kier molecular flexibility index (Phi) is 7.14. The maximum Gasteiger partial charge on any atom is 0.350 e. The van der Waals surface area contributed by atoms with Crippen molar-refractivity contribution < 1.29 is 33.7 Å². The van der Waals surface area contributed by atoms with E-state index in [2.05, 4.69) is 4.98 Å². The fraction of sp³-hybridized carbons (Fsp3) is 0.310. The van der Waals surface area contributed by atoms with E-state index in [1.54, 1.807) is 56.3 Å². The molecule has 1 N–H and O–H groups in total. The first kappa shape index (κ1) is 26.4. The van der Waals surface area contributed by atoms with Crippen molar-refractivity contribution in [3.8, 4) is 11.5 Å². The molecule has 1 aromatic heterocycles. The maximum atomic E-state index is 13.5. The SMILES string of the molecule is CCOC(=O)c1sc(N2C(=O)C(=O)/C(=C(/O)c3ccc4c(c3)C[C@H](C)O4)[C@H]2c2cccc(OCC)c2)nc1C. The van der Waals surface area contributed by atoms with Crippen LogP contribution < -0.4 is 14.4 Å². The summed E-state index contributed by atoms with van der Waals surface area (Å²) in [7, 11) is 0. The lowest BCUT2D eigenvalue weighted by Crippen LogP contribution is -2.29. The molecule has 1 saturated heterocycles. The van der Waals surface area contributed by atoms with E-state index >= 15 is 0 Å². The summed E-state index contributed by atoms with van der Waals surface area (Å²) in [6.07, 6.45) is 0.672. The Bertz CT molecular complexity index is 1510. The number of nitrogens with zero attached hydrogens (tertiary/aromatic N) is 2. The van der Waals surface area contributed by atoms with Crippen LogP contribution >= 0.6 is 11.3 Å². The van der Waals surface area contributed by atoms with E-state index < -0.39 is 23.7 Å². The second-order valence-electron chi connectivity index (χ2n) is 9.26. The Morgan fingerprint density at radius 3 is 2.72 bits per heavy atom. The second kappa shape index (κ2) is 10.5. The number of benzene rings is 2. The Hall–Kier alpha value is -4.18. The quantitative estimate of drug-likeness (QED) is 0.190. The number of hydrogen-bond donors (Lipinski definition) is 1. The number of aromatic nitrogens is 1. The summed E-state index contributed by atoms with van der Waals surface area (Å²) in [4.78, 5) is 45.5. The van der Waals surface area contributed by atoms with Crippen molar-refractivity contribution in [3.63, 3.8) is 0 Å². The Balaban J connectivity index is 1.67. The second-order valence-corrected chi connectivity index (χ2v) is 10.2. The third-order valence-electron chi connectivity index (χ3n) is 6.55. The molecule has 0 saturated carbocycles.